The second-order valence-corrected chi connectivity index (χ2v) is 9.15. The number of fused-ring (bicyclic) bond motifs is 5. The van der Waals surface area contributed by atoms with Gasteiger partial charge in [-0.15, -0.1) is 0 Å². The van der Waals surface area contributed by atoms with Gasteiger partial charge in [0, 0.05) is 6.42 Å². The number of allylic oxidation sites excluding steroid dienone is 3. The minimum Gasteiger partial charge on any atom is -0.344 e. The highest BCUT2D eigenvalue weighted by Gasteiger charge is 2.55. The maximum absolute atomic E-state index is 5.97. The summed E-state index contributed by atoms with van der Waals surface area (Å²) in [4.78, 5) is 0. The minimum atomic E-state index is -0.340. The van der Waals surface area contributed by atoms with Gasteiger partial charge in [0.2, 0.25) is 0 Å². The molecule has 0 aromatic carbocycles. The van der Waals surface area contributed by atoms with Gasteiger partial charge in [-0.05, 0) is 87.0 Å². The molecule has 3 unspecified atom stereocenters. The lowest BCUT2D eigenvalue weighted by molar-refractivity contribution is -0.134. The zero-order chi connectivity index (χ0) is 16.4. The fourth-order valence-corrected chi connectivity index (χ4v) is 7.34. The monoisotopic (exact) mass is 328 g/mol. The fraction of sp³-hybridized carbons (Fsp3) is 0.818. The van der Waals surface area contributed by atoms with Crippen LogP contribution in [0.5, 0.6) is 0 Å². The standard InChI is InChI=1S/C22H32O2/c1-3-16-5-7-20-19-6-4-15-14-22(23-12-13-24-22)11-9-17(15)18(19)8-10-21(16,20)2/h3,14,17-20H,4-13H2,1-2H3/t17-,18?,19?,20?,21+/m1/s1. The first-order chi connectivity index (χ1) is 11.7. The van der Waals surface area contributed by atoms with E-state index in [1.54, 1.807) is 11.1 Å². The van der Waals surface area contributed by atoms with E-state index in [2.05, 4.69) is 26.0 Å². The molecular weight excluding hydrogens is 296 g/mol. The molecule has 3 saturated carbocycles. The summed E-state index contributed by atoms with van der Waals surface area (Å²) in [5.41, 5.74) is 3.96. The molecule has 0 N–H and O–H groups in total. The van der Waals surface area contributed by atoms with E-state index in [9.17, 15) is 0 Å². The van der Waals surface area contributed by atoms with Crippen LogP contribution in [0.15, 0.2) is 23.3 Å². The molecule has 24 heavy (non-hydrogen) atoms. The largest absolute Gasteiger partial charge is 0.344 e. The summed E-state index contributed by atoms with van der Waals surface area (Å²) in [6, 6.07) is 0. The van der Waals surface area contributed by atoms with Gasteiger partial charge in [0.25, 0.3) is 0 Å². The minimum absolute atomic E-state index is 0.340. The van der Waals surface area contributed by atoms with Crippen LogP contribution in [0.1, 0.15) is 65.2 Å². The lowest BCUT2D eigenvalue weighted by atomic mass is 9.52. The van der Waals surface area contributed by atoms with Crippen LogP contribution in [0.4, 0.5) is 0 Å². The van der Waals surface area contributed by atoms with E-state index in [1.165, 1.54) is 44.9 Å². The Balaban J connectivity index is 1.42. The van der Waals surface area contributed by atoms with Crippen LogP contribution in [-0.2, 0) is 9.47 Å². The quantitative estimate of drug-likeness (QED) is 0.566. The van der Waals surface area contributed by atoms with Crippen molar-refractivity contribution in [3.05, 3.63) is 23.3 Å². The van der Waals surface area contributed by atoms with Gasteiger partial charge >= 0.3 is 0 Å². The van der Waals surface area contributed by atoms with Crippen molar-refractivity contribution in [3.8, 4) is 0 Å². The Morgan fingerprint density at radius 1 is 1.00 bits per heavy atom. The molecule has 0 aromatic rings. The first kappa shape index (κ1) is 15.6. The molecule has 4 fully saturated rings. The molecule has 5 aliphatic rings. The molecule has 0 radical (unpaired) electrons. The van der Waals surface area contributed by atoms with Gasteiger partial charge in [0.05, 0.1) is 13.2 Å². The van der Waals surface area contributed by atoms with Gasteiger partial charge in [0.15, 0.2) is 5.79 Å². The molecule has 132 valence electrons. The first-order valence-corrected chi connectivity index (χ1v) is 10.3. The molecule has 0 aromatic heterocycles. The number of hydrogen-bond acceptors (Lipinski definition) is 2. The third kappa shape index (κ3) is 2.08. The highest BCUT2D eigenvalue weighted by Crippen LogP contribution is 2.63. The van der Waals surface area contributed by atoms with Crippen molar-refractivity contribution in [2.24, 2.45) is 29.1 Å². The average molecular weight is 328 g/mol. The van der Waals surface area contributed by atoms with Crippen LogP contribution in [0.25, 0.3) is 0 Å². The molecule has 2 nitrogen and oxygen atoms in total. The van der Waals surface area contributed by atoms with Crippen molar-refractivity contribution in [1.29, 1.82) is 0 Å². The van der Waals surface area contributed by atoms with Gasteiger partial charge in [-0.1, -0.05) is 24.1 Å². The Hall–Kier alpha value is -0.600. The predicted octanol–water partition coefficient (Wildman–Crippen LogP) is 5.25. The summed E-state index contributed by atoms with van der Waals surface area (Å²) in [5, 5.41) is 0. The second-order valence-electron chi connectivity index (χ2n) is 9.15. The van der Waals surface area contributed by atoms with E-state index in [1.807, 2.05) is 0 Å². The van der Waals surface area contributed by atoms with Gasteiger partial charge < -0.3 is 9.47 Å². The summed E-state index contributed by atoms with van der Waals surface area (Å²) in [5.74, 6) is 3.31. The normalized spacial score (nSPS) is 48.1. The highest BCUT2D eigenvalue weighted by molar-refractivity contribution is 5.27. The molecular formula is C22H32O2. The summed E-state index contributed by atoms with van der Waals surface area (Å²) >= 11 is 0. The van der Waals surface area contributed by atoms with Crippen molar-refractivity contribution in [2.45, 2.75) is 71.0 Å². The molecule has 5 atom stereocenters. The lowest BCUT2D eigenvalue weighted by Crippen LogP contribution is -2.46. The maximum Gasteiger partial charge on any atom is 0.188 e. The number of hydrogen-bond donors (Lipinski definition) is 0. The lowest BCUT2D eigenvalue weighted by Gasteiger charge is -2.54. The van der Waals surface area contributed by atoms with Crippen molar-refractivity contribution >= 4 is 0 Å². The van der Waals surface area contributed by atoms with E-state index in [0.29, 0.717) is 5.41 Å². The topological polar surface area (TPSA) is 18.5 Å². The Morgan fingerprint density at radius 3 is 2.62 bits per heavy atom. The van der Waals surface area contributed by atoms with Gasteiger partial charge in [0.1, 0.15) is 0 Å². The molecule has 0 bridgehead atoms. The zero-order valence-corrected chi connectivity index (χ0v) is 15.4. The smallest absolute Gasteiger partial charge is 0.188 e. The summed E-state index contributed by atoms with van der Waals surface area (Å²) in [6.45, 7) is 6.39. The van der Waals surface area contributed by atoms with E-state index >= 15 is 0 Å². The maximum atomic E-state index is 5.97. The zero-order valence-electron chi connectivity index (χ0n) is 15.4. The number of rotatable bonds is 0. The van der Waals surface area contributed by atoms with Crippen molar-refractivity contribution < 1.29 is 9.47 Å². The molecule has 1 heterocycles. The van der Waals surface area contributed by atoms with Crippen LogP contribution in [0.3, 0.4) is 0 Å². The third-order valence-electron chi connectivity index (χ3n) is 8.43. The van der Waals surface area contributed by atoms with Crippen LogP contribution >= 0.6 is 0 Å². The van der Waals surface area contributed by atoms with Crippen LogP contribution in [0.2, 0.25) is 0 Å². The fourth-order valence-electron chi connectivity index (χ4n) is 7.34. The predicted molar refractivity (Wildman–Crippen MR) is 95.5 cm³/mol. The van der Waals surface area contributed by atoms with Crippen LogP contribution in [-0.4, -0.2) is 19.0 Å². The summed E-state index contributed by atoms with van der Waals surface area (Å²) < 4.78 is 11.9. The Labute approximate surface area is 146 Å². The van der Waals surface area contributed by atoms with E-state index in [4.69, 9.17) is 9.47 Å². The number of ether oxygens (including phenoxy) is 2. The molecule has 1 saturated heterocycles. The molecule has 5 rings (SSSR count). The van der Waals surface area contributed by atoms with Gasteiger partial charge in [-0.25, -0.2) is 0 Å². The molecule has 2 heteroatoms. The van der Waals surface area contributed by atoms with Crippen molar-refractivity contribution in [3.63, 3.8) is 0 Å². The molecule has 0 amide bonds. The molecule has 1 aliphatic heterocycles. The van der Waals surface area contributed by atoms with Crippen LogP contribution < -0.4 is 0 Å². The summed E-state index contributed by atoms with van der Waals surface area (Å²) in [6.07, 6.45) is 15.6. The Morgan fingerprint density at radius 2 is 1.83 bits per heavy atom. The van der Waals surface area contributed by atoms with Crippen molar-refractivity contribution in [1.82, 2.24) is 0 Å². The Kier molecular flexibility index (Phi) is 3.55. The molecule has 1 spiro atoms. The second kappa shape index (κ2) is 5.45. The van der Waals surface area contributed by atoms with Crippen LogP contribution in [0, 0.1) is 29.1 Å². The van der Waals surface area contributed by atoms with Crippen molar-refractivity contribution in [2.75, 3.05) is 13.2 Å². The highest BCUT2D eigenvalue weighted by atomic mass is 16.7. The van der Waals surface area contributed by atoms with Gasteiger partial charge in [-0.2, -0.15) is 0 Å². The summed E-state index contributed by atoms with van der Waals surface area (Å²) in [7, 11) is 0. The Bertz CT molecular complexity index is 583. The van der Waals surface area contributed by atoms with E-state index < -0.39 is 0 Å². The third-order valence-corrected chi connectivity index (χ3v) is 8.43. The first-order valence-electron chi connectivity index (χ1n) is 10.3. The average Bonchev–Trinajstić information content (AvgIpc) is 3.18. The van der Waals surface area contributed by atoms with E-state index in [-0.39, 0.29) is 5.79 Å². The molecule has 4 aliphatic carbocycles. The SMILES string of the molecule is CC=C1CCC2C3CCC4=CC5(CC[C@H]4C3CC[C@@]12C)OCCO5. The van der Waals surface area contributed by atoms with E-state index in [0.717, 1.165) is 43.3 Å². The van der Waals surface area contributed by atoms with Gasteiger partial charge in [-0.3, -0.25) is 0 Å².